The highest BCUT2D eigenvalue weighted by Crippen LogP contribution is 2.50. The summed E-state index contributed by atoms with van der Waals surface area (Å²) < 4.78 is 12.4. The van der Waals surface area contributed by atoms with Gasteiger partial charge < -0.3 is 8.85 Å². The van der Waals surface area contributed by atoms with E-state index in [1.54, 1.807) is 0 Å². The molecule has 0 aromatic heterocycles. The Morgan fingerprint density at radius 1 is 0.647 bits per heavy atom. The molecule has 0 aliphatic heterocycles. The largest absolute Gasteiger partial charge is 0.417 e. The van der Waals surface area contributed by atoms with Crippen LogP contribution in [0.15, 0.2) is 60.7 Å². The summed E-state index contributed by atoms with van der Waals surface area (Å²) in [6.07, 6.45) is 7.10. The van der Waals surface area contributed by atoms with Gasteiger partial charge in [0, 0.05) is 25.0 Å². The molecule has 0 spiro atoms. The van der Waals surface area contributed by atoms with E-state index in [9.17, 15) is 0 Å². The number of hydrogen-bond donors (Lipinski definition) is 0. The van der Waals surface area contributed by atoms with Gasteiger partial charge in [0.1, 0.15) is 0 Å². The van der Waals surface area contributed by atoms with Crippen LogP contribution in [0.2, 0.25) is 39.3 Å². The summed E-state index contributed by atoms with van der Waals surface area (Å²) in [6, 6.07) is 18.1. The Labute approximate surface area is 209 Å². The van der Waals surface area contributed by atoms with Crippen LogP contribution in [0.4, 0.5) is 0 Å². The molecule has 0 N–H and O–H groups in total. The van der Waals surface area contributed by atoms with Crippen molar-refractivity contribution in [1.29, 1.82) is 0 Å². The summed E-state index contributed by atoms with van der Waals surface area (Å²) in [6.45, 7) is 17.7. The minimum Gasteiger partial charge on any atom is -0.417 e. The van der Waals surface area contributed by atoms with Crippen molar-refractivity contribution < 1.29 is 8.85 Å². The molecule has 182 valence electrons. The molecular formula is C30H42O2Si2. The zero-order valence-corrected chi connectivity index (χ0v) is 24.2. The summed E-state index contributed by atoms with van der Waals surface area (Å²) in [5.41, 5.74) is 8.75. The molecule has 4 heteroatoms. The predicted molar refractivity (Wildman–Crippen MR) is 151 cm³/mol. The fourth-order valence-electron chi connectivity index (χ4n) is 5.42. The number of hydrogen-bond acceptors (Lipinski definition) is 2. The van der Waals surface area contributed by atoms with Crippen LogP contribution in [0.5, 0.6) is 0 Å². The minimum atomic E-state index is -1.49. The molecule has 2 unspecified atom stereocenters. The molecule has 0 fully saturated rings. The Balaban J connectivity index is 1.57. The van der Waals surface area contributed by atoms with E-state index in [-0.39, 0.29) is 0 Å². The zero-order chi connectivity index (χ0) is 24.5. The first-order valence-electron chi connectivity index (χ1n) is 12.9. The van der Waals surface area contributed by atoms with Crippen LogP contribution >= 0.6 is 0 Å². The first-order chi connectivity index (χ1) is 16.0. The van der Waals surface area contributed by atoms with Gasteiger partial charge in [0.15, 0.2) is 16.6 Å². The third kappa shape index (κ3) is 5.91. The summed E-state index contributed by atoms with van der Waals surface area (Å²) in [4.78, 5) is 0. The van der Waals surface area contributed by atoms with Crippen molar-refractivity contribution in [3.63, 3.8) is 0 Å². The van der Waals surface area contributed by atoms with Gasteiger partial charge in [-0.1, -0.05) is 67.6 Å². The molecule has 2 atom stereocenters. The van der Waals surface area contributed by atoms with E-state index in [2.05, 4.69) is 107 Å². The first-order valence-corrected chi connectivity index (χ1v) is 19.7. The Morgan fingerprint density at radius 3 is 1.41 bits per heavy atom. The summed E-state index contributed by atoms with van der Waals surface area (Å²) >= 11 is 0. The van der Waals surface area contributed by atoms with E-state index in [1.807, 2.05) is 0 Å². The molecular weight excluding hydrogens is 449 g/mol. The fourth-order valence-corrected chi connectivity index (χ4v) is 6.85. The van der Waals surface area contributed by atoms with Gasteiger partial charge in [-0.3, -0.25) is 0 Å². The monoisotopic (exact) mass is 490 g/mol. The topological polar surface area (TPSA) is 18.5 Å². The SMILES string of the molecule is CC(C1C=C(CCO[Si](C)(C)C)c2ccccc21)C1C=C(CCO[Si](C)(C)C)c2ccccc21. The molecule has 0 amide bonds. The van der Waals surface area contributed by atoms with E-state index < -0.39 is 16.6 Å². The zero-order valence-electron chi connectivity index (χ0n) is 22.2. The summed E-state index contributed by atoms with van der Waals surface area (Å²) in [7, 11) is -2.99. The molecule has 2 aromatic rings. The lowest BCUT2D eigenvalue weighted by atomic mass is 9.78. The number of fused-ring (bicyclic) bond motifs is 2. The second kappa shape index (κ2) is 10.1. The highest BCUT2D eigenvalue weighted by atomic mass is 28.4. The lowest BCUT2D eigenvalue weighted by Crippen LogP contribution is -2.25. The smallest absolute Gasteiger partial charge is 0.183 e. The van der Waals surface area contributed by atoms with Crippen LogP contribution in [-0.4, -0.2) is 29.8 Å². The third-order valence-electron chi connectivity index (χ3n) is 7.04. The van der Waals surface area contributed by atoms with E-state index >= 15 is 0 Å². The van der Waals surface area contributed by atoms with Crippen molar-refractivity contribution in [1.82, 2.24) is 0 Å². The van der Waals surface area contributed by atoms with Crippen LogP contribution in [0.25, 0.3) is 11.1 Å². The Hall–Kier alpha value is -1.73. The van der Waals surface area contributed by atoms with Gasteiger partial charge in [0.2, 0.25) is 0 Å². The molecule has 2 aliphatic carbocycles. The van der Waals surface area contributed by atoms with Crippen LogP contribution in [0.1, 0.15) is 53.9 Å². The van der Waals surface area contributed by atoms with Gasteiger partial charge in [-0.15, -0.1) is 0 Å². The molecule has 0 saturated carbocycles. The Morgan fingerprint density at radius 2 is 1.03 bits per heavy atom. The molecule has 0 heterocycles. The lowest BCUT2D eigenvalue weighted by molar-refractivity contribution is 0.321. The van der Waals surface area contributed by atoms with Crippen molar-refractivity contribution in [3.8, 4) is 0 Å². The van der Waals surface area contributed by atoms with E-state index in [0.717, 1.165) is 26.1 Å². The van der Waals surface area contributed by atoms with E-state index in [1.165, 1.54) is 33.4 Å². The van der Waals surface area contributed by atoms with Crippen molar-refractivity contribution >= 4 is 27.8 Å². The number of rotatable bonds is 10. The lowest BCUT2D eigenvalue weighted by Gasteiger charge is -2.25. The standard InChI is InChI=1S/C30H42O2Si2/c1-22(29-20-23(16-18-31-33(2,3)4)25-12-8-10-14-27(25)29)30-21-24(17-19-32-34(5,6)7)26-13-9-11-15-28(26)30/h8-15,20-22,29-30H,16-19H2,1-7H3. The van der Waals surface area contributed by atoms with Gasteiger partial charge in [0.05, 0.1) is 0 Å². The predicted octanol–water partition coefficient (Wildman–Crippen LogP) is 8.47. The van der Waals surface area contributed by atoms with Crippen molar-refractivity contribution in [2.45, 2.75) is 70.9 Å². The van der Waals surface area contributed by atoms with Crippen LogP contribution < -0.4 is 0 Å². The first kappa shape index (κ1) is 25.4. The van der Waals surface area contributed by atoms with Crippen LogP contribution in [0.3, 0.4) is 0 Å². The second-order valence-corrected chi connectivity index (χ2v) is 20.9. The van der Waals surface area contributed by atoms with Gasteiger partial charge in [-0.2, -0.15) is 0 Å². The van der Waals surface area contributed by atoms with Crippen molar-refractivity contribution in [2.24, 2.45) is 5.92 Å². The molecule has 34 heavy (non-hydrogen) atoms. The van der Waals surface area contributed by atoms with Gasteiger partial charge in [0.25, 0.3) is 0 Å². The second-order valence-electron chi connectivity index (χ2n) is 11.9. The fraction of sp³-hybridized carbons (Fsp3) is 0.467. The Bertz CT molecular complexity index is 986. The molecule has 0 saturated heterocycles. The normalized spacial score (nSPS) is 20.6. The average Bonchev–Trinajstić information content (AvgIpc) is 3.31. The molecule has 2 aromatic carbocycles. The maximum Gasteiger partial charge on any atom is 0.183 e. The number of benzene rings is 2. The molecule has 0 bridgehead atoms. The molecule has 2 nitrogen and oxygen atoms in total. The summed E-state index contributed by atoms with van der Waals surface area (Å²) in [5.74, 6) is 1.36. The van der Waals surface area contributed by atoms with Crippen molar-refractivity contribution in [3.05, 3.63) is 82.9 Å². The quantitative estimate of drug-likeness (QED) is 0.311. The van der Waals surface area contributed by atoms with Gasteiger partial charge >= 0.3 is 0 Å². The molecule has 4 rings (SSSR count). The third-order valence-corrected chi connectivity index (χ3v) is 9.18. The van der Waals surface area contributed by atoms with E-state index in [0.29, 0.717) is 17.8 Å². The van der Waals surface area contributed by atoms with Crippen LogP contribution in [0, 0.1) is 5.92 Å². The maximum absolute atomic E-state index is 6.20. The minimum absolute atomic E-state index is 0.435. The summed E-state index contributed by atoms with van der Waals surface area (Å²) in [5, 5.41) is 0. The van der Waals surface area contributed by atoms with Gasteiger partial charge in [-0.05, 0) is 91.4 Å². The number of allylic oxidation sites excluding steroid dienone is 2. The maximum atomic E-state index is 6.20. The van der Waals surface area contributed by atoms with E-state index in [4.69, 9.17) is 8.85 Å². The van der Waals surface area contributed by atoms with Crippen LogP contribution in [-0.2, 0) is 8.85 Å². The highest BCUT2D eigenvalue weighted by molar-refractivity contribution is 6.70. The Kier molecular flexibility index (Phi) is 7.54. The average molecular weight is 491 g/mol. The van der Waals surface area contributed by atoms with Gasteiger partial charge in [-0.25, -0.2) is 0 Å². The molecule has 2 aliphatic rings. The highest BCUT2D eigenvalue weighted by Gasteiger charge is 2.35. The molecule has 0 radical (unpaired) electrons. The van der Waals surface area contributed by atoms with Crippen molar-refractivity contribution in [2.75, 3.05) is 13.2 Å².